The SMILES string of the molecule is CCC(=O)Nc1cccc(C(=O)Nc2nnc(CCCOc3ccccc3)s2)c1. The summed E-state index contributed by atoms with van der Waals surface area (Å²) in [6, 6.07) is 16.4. The Balaban J connectivity index is 1.48. The Hall–Kier alpha value is -3.26. The molecular weight excluding hydrogens is 388 g/mol. The first-order valence-corrected chi connectivity index (χ1v) is 10.2. The molecule has 3 rings (SSSR count). The van der Waals surface area contributed by atoms with Crippen molar-refractivity contribution in [3.05, 3.63) is 65.2 Å². The minimum atomic E-state index is -0.298. The van der Waals surface area contributed by atoms with Gasteiger partial charge in [0.25, 0.3) is 5.91 Å². The number of aromatic nitrogens is 2. The van der Waals surface area contributed by atoms with E-state index in [0.717, 1.165) is 23.6 Å². The number of carbonyl (C=O) groups is 2. The summed E-state index contributed by atoms with van der Waals surface area (Å²) >= 11 is 1.34. The van der Waals surface area contributed by atoms with Gasteiger partial charge in [0.1, 0.15) is 10.8 Å². The van der Waals surface area contributed by atoms with E-state index < -0.39 is 0 Å². The molecule has 0 atom stereocenters. The Bertz CT molecular complexity index is 959. The highest BCUT2D eigenvalue weighted by molar-refractivity contribution is 7.15. The Morgan fingerprint density at radius 3 is 2.66 bits per heavy atom. The van der Waals surface area contributed by atoms with Crippen molar-refractivity contribution in [2.24, 2.45) is 0 Å². The zero-order valence-electron chi connectivity index (χ0n) is 16.1. The highest BCUT2D eigenvalue weighted by Crippen LogP contribution is 2.19. The van der Waals surface area contributed by atoms with E-state index in [1.165, 1.54) is 11.3 Å². The maximum atomic E-state index is 12.4. The van der Waals surface area contributed by atoms with Crippen LogP contribution in [-0.4, -0.2) is 28.6 Å². The molecule has 0 aliphatic carbocycles. The molecular formula is C21H22N4O3S. The summed E-state index contributed by atoms with van der Waals surface area (Å²) < 4.78 is 5.66. The van der Waals surface area contributed by atoms with Crippen molar-refractivity contribution in [3.8, 4) is 5.75 Å². The first-order chi connectivity index (χ1) is 14.1. The molecule has 7 nitrogen and oxygen atoms in total. The largest absolute Gasteiger partial charge is 0.494 e. The smallest absolute Gasteiger partial charge is 0.257 e. The van der Waals surface area contributed by atoms with Gasteiger partial charge < -0.3 is 10.1 Å². The van der Waals surface area contributed by atoms with Crippen molar-refractivity contribution in [3.63, 3.8) is 0 Å². The Morgan fingerprint density at radius 2 is 1.86 bits per heavy atom. The molecule has 0 unspecified atom stereocenters. The third kappa shape index (κ3) is 6.39. The van der Waals surface area contributed by atoms with Gasteiger partial charge in [-0.15, -0.1) is 10.2 Å². The van der Waals surface area contributed by atoms with Crippen molar-refractivity contribution >= 4 is 34.0 Å². The van der Waals surface area contributed by atoms with Crippen LogP contribution in [-0.2, 0) is 11.2 Å². The first-order valence-electron chi connectivity index (χ1n) is 9.35. The fourth-order valence-electron chi connectivity index (χ4n) is 2.49. The van der Waals surface area contributed by atoms with Crippen molar-refractivity contribution in [1.82, 2.24) is 10.2 Å². The summed E-state index contributed by atoms with van der Waals surface area (Å²) in [4.78, 5) is 24.0. The highest BCUT2D eigenvalue weighted by atomic mass is 32.1. The number of hydrogen-bond acceptors (Lipinski definition) is 6. The molecule has 0 aliphatic rings. The maximum absolute atomic E-state index is 12.4. The van der Waals surface area contributed by atoms with E-state index in [-0.39, 0.29) is 11.8 Å². The molecule has 150 valence electrons. The zero-order valence-corrected chi connectivity index (χ0v) is 16.9. The number of anilines is 2. The summed E-state index contributed by atoms with van der Waals surface area (Å²) in [5.41, 5.74) is 1.02. The number of nitrogens with zero attached hydrogens (tertiary/aromatic N) is 2. The van der Waals surface area contributed by atoms with E-state index in [4.69, 9.17) is 4.74 Å². The Labute approximate surface area is 173 Å². The molecule has 2 amide bonds. The monoisotopic (exact) mass is 410 g/mol. The van der Waals surface area contributed by atoms with Crippen LogP contribution in [0.5, 0.6) is 5.75 Å². The van der Waals surface area contributed by atoms with Crippen LogP contribution in [0.3, 0.4) is 0 Å². The third-order valence-electron chi connectivity index (χ3n) is 3.96. The van der Waals surface area contributed by atoms with Crippen LogP contribution in [0.1, 0.15) is 35.1 Å². The molecule has 8 heteroatoms. The summed E-state index contributed by atoms with van der Waals surface area (Å²) in [7, 11) is 0. The molecule has 0 saturated carbocycles. The van der Waals surface area contributed by atoms with Gasteiger partial charge in [0.15, 0.2) is 0 Å². The average Bonchev–Trinajstić information content (AvgIpc) is 3.19. The minimum absolute atomic E-state index is 0.104. The van der Waals surface area contributed by atoms with E-state index in [0.29, 0.717) is 29.4 Å². The topological polar surface area (TPSA) is 93.2 Å². The van der Waals surface area contributed by atoms with Gasteiger partial charge in [-0.2, -0.15) is 0 Å². The standard InChI is InChI=1S/C21H22N4O3S/c1-2-18(26)22-16-9-6-8-15(14-16)20(27)23-21-25-24-19(29-21)12-7-13-28-17-10-4-3-5-11-17/h3-6,8-11,14H,2,7,12-13H2,1H3,(H,22,26)(H,23,25,27). The van der Waals surface area contributed by atoms with Crippen molar-refractivity contribution in [1.29, 1.82) is 0 Å². The van der Waals surface area contributed by atoms with Crippen LogP contribution in [0.15, 0.2) is 54.6 Å². The van der Waals surface area contributed by atoms with Gasteiger partial charge in [-0.25, -0.2) is 0 Å². The van der Waals surface area contributed by atoms with Crippen LogP contribution >= 0.6 is 11.3 Å². The third-order valence-corrected chi connectivity index (χ3v) is 4.86. The fourth-order valence-corrected chi connectivity index (χ4v) is 3.27. The van der Waals surface area contributed by atoms with E-state index in [1.54, 1.807) is 31.2 Å². The zero-order chi connectivity index (χ0) is 20.5. The average molecular weight is 410 g/mol. The number of benzene rings is 2. The molecule has 0 fully saturated rings. The lowest BCUT2D eigenvalue weighted by Crippen LogP contribution is -2.13. The maximum Gasteiger partial charge on any atom is 0.257 e. The van der Waals surface area contributed by atoms with E-state index in [9.17, 15) is 9.59 Å². The van der Waals surface area contributed by atoms with E-state index in [2.05, 4.69) is 20.8 Å². The van der Waals surface area contributed by atoms with Gasteiger partial charge in [-0.1, -0.05) is 42.5 Å². The Kier molecular flexibility index (Phi) is 7.29. The van der Waals surface area contributed by atoms with Crippen LogP contribution in [0.2, 0.25) is 0 Å². The number of hydrogen-bond donors (Lipinski definition) is 2. The summed E-state index contributed by atoms with van der Waals surface area (Å²) in [6.07, 6.45) is 1.90. The molecule has 2 N–H and O–H groups in total. The lowest BCUT2D eigenvalue weighted by atomic mass is 10.2. The van der Waals surface area contributed by atoms with Crippen molar-refractivity contribution in [2.75, 3.05) is 17.2 Å². The molecule has 1 heterocycles. The first kappa shape index (κ1) is 20.5. The van der Waals surface area contributed by atoms with Crippen molar-refractivity contribution in [2.45, 2.75) is 26.2 Å². The molecule has 1 aromatic heterocycles. The number of rotatable bonds is 9. The fraction of sp³-hybridized carbons (Fsp3) is 0.238. The predicted molar refractivity (Wildman–Crippen MR) is 113 cm³/mol. The van der Waals surface area contributed by atoms with Gasteiger partial charge in [0.2, 0.25) is 11.0 Å². The van der Waals surface area contributed by atoms with Crippen LogP contribution < -0.4 is 15.4 Å². The summed E-state index contributed by atoms with van der Waals surface area (Å²) in [6.45, 7) is 2.36. The van der Waals surface area contributed by atoms with E-state index in [1.807, 2.05) is 30.3 Å². The van der Waals surface area contributed by atoms with Gasteiger partial charge in [0.05, 0.1) is 6.61 Å². The van der Waals surface area contributed by atoms with E-state index >= 15 is 0 Å². The van der Waals surface area contributed by atoms with Gasteiger partial charge in [-0.05, 0) is 36.8 Å². The second kappa shape index (κ2) is 10.3. The second-order valence-electron chi connectivity index (χ2n) is 6.20. The molecule has 0 bridgehead atoms. The summed E-state index contributed by atoms with van der Waals surface area (Å²) in [5.74, 6) is 0.440. The second-order valence-corrected chi connectivity index (χ2v) is 7.26. The van der Waals surface area contributed by atoms with Crippen LogP contribution in [0, 0.1) is 0 Å². The molecule has 2 aromatic carbocycles. The molecule has 0 radical (unpaired) electrons. The molecule has 0 aliphatic heterocycles. The molecule has 0 spiro atoms. The molecule has 0 saturated heterocycles. The number of para-hydroxylation sites is 1. The lowest BCUT2D eigenvalue weighted by molar-refractivity contribution is -0.115. The number of amides is 2. The normalized spacial score (nSPS) is 10.4. The summed E-state index contributed by atoms with van der Waals surface area (Å²) in [5, 5.41) is 14.9. The van der Waals surface area contributed by atoms with Crippen LogP contribution in [0.4, 0.5) is 10.8 Å². The quantitative estimate of drug-likeness (QED) is 0.517. The lowest BCUT2D eigenvalue weighted by Gasteiger charge is -2.06. The van der Waals surface area contributed by atoms with Gasteiger partial charge >= 0.3 is 0 Å². The van der Waals surface area contributed by atoms with Crippen molar-refractivity contribution < 1.29 is 14.3 Å². The molecule has 3 aromatic rings. The molecule has 29 heavy (non-hydrogen) atoms. The Morgan fingerprint density at radius 1 is 1.03 bits per heavy atom. The predicted octanol–water partition coefficient (Wildman–Crippen LogP) is 4.15. The van der Waals surface area contributed by atoms with Gasteiger partial charge in [-0.3, -0.25) is 14.9 Å². The number of ether oxygens (including phenoxy) is 1. The minimum Gasteiger partial charge on any atom is -0.494 e. The number of carbonyl (C=O) groups excluding carboxylic acids is 2. The highest BCUT2D eigenvalue weighted by Gasteiger charge is 2.11. The van der Waals surface area contributed by atoms with Gasteiger partial charge in [0, 0.05) is 24.1 Å². The van der Waals surface area contributed by atoms with Crippen LogP contribution in [0.25, 0.3) is 0 Å². The number of aryl methyl sites for hydroxylation is 1. The number of nitrogens with one attached hydrogen (secondary N) is 2.